The lowest BCUT2D eigenvalue weighted by Crippen LogP contribution is -1.93. The van der Waals surface area contributed by atoms with Crippen LogP contribution in [0.4, 0.5) is 5.69 Å². The second-order valence-corrected chi connectivity index (χ2v) is 3.96. The largest absolute Gasteiger partial charge is 0.399 e. The van der Waals surface area contributed by atoms with Gasteiger partial charge in [0.2, 0.25) is 0 Å². The molecule has 1 aromatic carbocycles. The molecule has 1 aliphatic heterocycles. The minimum absolute atomic E-state index is 0.274. The normalized spacial score (nSPS) is 20.5. The average molecular weight is 272 g/mol. The molecule has 1 unspecified atom stereocenters. The summed E-state index contributed by atoms with van der Waals surface area (Å²) in [5.41, 5.74) is 8.99. The predicted octanol–water partition coefficient (Wildman–Crippen LogP) is 2.53. The summed E-state index contributed by atoms with van der Waals surface area (Å²) in [6, 6.07) is 6.25. The highest BCUT2D eigenvalue weighted by Crippen LogP contribution is 2.32. The fraction of sp³-hybridized carbons (Fsp3) is 0.222. The van der Waals surface area contributed by atoms with E-state index in [4.69, 9.17) is 5.73 Å². The van der Waals surface area contributed by atoms with Gasteiger partial charge in [-0.15, -0.1) is 0 Å². The molecule has 0 aliphatic carbocycles. The van der Waals surface area contributed by atoms with Gasteiger partial charge in [0.05, 0.1) is 6.04 Å². The molecule has 1 atom stereocenters. The zero-order valence-electron chi connectivity index (χ0n) is 6.71. The maximum Gasteiger partial charge on any atom is 0.104 e. The molecule has 0 spiro atoms. The van der Waals surface area contributed by atoms with Crippen molar-refractivity contribution in [2.45, 2.75) is 13.0 Å². The average Bonchev–Trinajstić information content (AvgIpc) is 2.28. The van der Waals surface area contributed by atoms with Crippen molar-refractivity contribution in [1.82, 2.24) is 0 Å². The second-order valence-electron chi connectivity index (χ2n) is 2.94. The van der Waals surface area contributed by atoms with Gasteiger partial charge in [-0.2, -0.15) is 0 Å². The molecule has 0 saturated carbocycles. The molecule has 0 amide bonds. The molecule has 2 nitrogen and oxygen atoms in total. The molecule has 2 N–H and O–H groups in total. The van der Waals surface area contributed by atoms with Crippen LogP contribution in [0.2, 0.25) is 0 Å². The predicted molar refractivity (Wildman–Crippen MR) is 59.8 cm³/mol. The second kappa shape index (κ2) is 2.73. The number of nitrogen functional groups attached to an aromatic ring is 1. The molecule has 62 valence electrons. The molecule has 1 aliphatic rings. The van der Waals surface area contributed by atoms with Gasteiger partial charge in [0.1, 0.15) is 3.72 Å². The zero-order chi connectivity index (χ0) is 8.72. The highest BCUT2D eigenvalue weighted by Gasteiger charge is 2.19. The summed E-state index contributed by atoms with van der Waals surface area (Å²) >= 11 is 2.26. The molecule has 2 rings (SSSR count). The number of hydrogen-bond donors (Lipinski definition) is 1. The quantitative estimate of drug-likeness (QED) is 0.572. The van der Waals surface area contributed by atoms with Crippen LogP contribution in [0.1, 0.15) is 24.1 Å². The Hall–Kier alpha value is -0.580. The molecule has 0 saturated heterocycles. The molecule has 1 aromatic rings. The number of aliphatic imine (C=N–C) groups is 1. The maximum absolute atomic E-state index is 5.69. The summed E-state index contributed by atoms with van der Waals surface area (Å²) in [5, 5.41) is 0. The van der Waals surface area contributed by atoms with Crippen LogP contribution in [0.5, 0.6) is 0 Å². The van der Waals surface area contributed by atoms with Crippen molar-refractivity contribution in [1.29, 1.82) is 0 Å². The van der Waals surface area contributed by atoms with E-state index >= 15 is 0 Å². The van der Waals surface area contributed by atoms with Crippen LogP contribution < -0.4 is 5.73 Å². The van der Waals surface area contributed by atoms with Crippen molar-refractivity contribution in [2.75, 3.05) is 5.73 Å². The van der Waals surface area contributed by atoms with Gasteiger partial charge in [0.15, 0.2) is 0 Å². The molecule has 0 fully saturated rings. The first-order valence-electron chi connectivity index (χ1n) is 3.81. The van der Waals surface area contributed by atoms with Gasteiger partial charge in [-0.3, -0.25) is 4.99 Å². The molecule has 0 radical (unpaired) electrons. The zero-order valence-corrected chi connectivity index (χ0v) is 8.87. The fourth-order valence-electron chi connectivity index (χ4n) is 1.42. The first-order chi connectivity index (χ1) is 5.68. The third-order valence-electron chi connectivity index (χ3n) is 2.05. The Morgan fingerprint density at radius 3 is 3.00 bits per heavy atom. The number of nitrogens with two attached hydrogens (primary N) is 1. The highest BCUT2D eigenvalue weighted by atomic mass is 127. The molecule has 1 heterocycles. The number of hydrogen-bond acceptors (Lipinski definition) is 2. The number of anilines is 1. The van der Waals surface area contributed by atoms with Gasteiger partial charge in [-0.25, -0.2) is 0 Å². The first-order valence-corrected chi connectivity index (χ1v) is 4.89. The standard InChI is InChI=1S/C9H9IN2/c1-5-8-4-6(11)2-3-7(8)9(10)12-5/h2-5H,11H2,1H3. The number of benzene rings is 1. The molecule has 0 bridgehead atoms. The van der Waals surface area contributed by atoms with Gasteiger partial charge in [0.25, 0.3) is 0 Å². The summed E-state index contributed by atoms with van der Waals surface area (Å²) in [6.07, 6.45) is 0. The smallest absolute Gasteiger partial charge is 0.104 e. The number of fused-ring (bicyclic) bond motifs is 1. The Bertz CT molecular complexity index is 358. The van der Waals surface area contributed by atoms with E-state index in [-0.39, 0.29) is 6.04 Å². The van der Waals surface area contributed by atoms with Crippen LogP contribution in [0.25, 0.3) is 0 Å². The monoisotopic (exact) mass is 272 g/mol. The molecule has 12 heavy (non-hydrogen) atoms. The maximum atomic E-state index is 5.69. The Kier molecular flexibility index (Phi) is 1.83. The van der Waals surface area contributed by atoms with Crippen molar-refractivity contribution in [2.24, 2.45) is 4.99 Å². The van der Waals surface area contributed by atoms with Gasteiger partial charge in [-0.1, -0.05) is 0 Å². The minimum Gasteiger partial charge on any atom is -0.399 e. The van der Waals surface area contributed by atoms with Crippen LogP contribution in [-0.2, 0) is 0 Å². The Morgan fingerprint density at radius 2 is 2.25 bits per heavy atom. The summed E-state index contributed by atoms with van der Waals surface area (Å²) < 4.78 is 1.09. The van der Waals surface area contributed by atoms with Crippen molar-refractivity contribution < 1.29 is 0 Å². The Morgan fingerprint density at radius 1 is 1.50 bits per heavy atom. The van der Waals surface area contributed by atoms with Gasteiger partial charge < -0.3 is 5.73 Å². The van der Waals surface area contributed by atoms with Crippen LogP contribution in [0.3, 0.4) is 0 Å². The Balaban J connectivity index is 2.61. The molecular formula is C9H9IN2. The van der Waals surface area contributed by atoms with E-state index < -0.39 is 0 Å². The van der Waals surface area contributed by atoms with Gasteiger partial charge >= 0.3 is 0 Å². The van der Waals surface area contributed by atoms with Crippen LogP contribution in [0.15, 0.2) is 23.2 Å². The van der Waals surface area contributed by atoms with Crippen molar-refractivity contribution in [3.63, 3.8) is 0 Å². The SMILES string of the molecule is CC1N=C(I)c2ccc(N)cc21. The number of nitrogens with zero attached hydrogens (tertiary/aromatic N) is 1. The lowest BCUT2D eigenvalue weighted by Gasteiger charge is -2.03. The number of halogens is 1. The van der Waals surface area contributed by atoms with Crippen LogP contribution in [0, 0.1) is 0 Å². The lowest BCUT2D eigenvalue weighted by molar-refractivity contribution is 0.844. The van der Waals surface area contributed by atoms with E-state index in [1.807, 2.05) is 18.2 Å². The highest BCUT2D eigenvalue weighted by molar-refractivity contribution is 14.1. The van der Waals surface area contributed by atoms with Crippen LogP contribution in [-0.4, -0.2) is 3.72 Å². The minimum atomic E-state index is 0.274. The van der Waals surface area contributed by atoms with E-state index in [2.05, 4.69) is 34.5 Å². The van der Waals surface area contributed by atoms with E-state index in [1.165, 1.54) is 11.1 Å². The molecular weight excluding hydrogens is 263 g/mol. The lowest BCUT2D eigenvalue weighted by atomic mass is 10.1. The summed E-state index contributed by atoms with van der Waals surface area (Å²) in [7, 11) is 0. The molecule has 3 heteroatoms. The third kappa shape index (κ3) is 1.12. The molecule has 0 aromatic heterocycles. The fourth-order valence-corrected chi connectivity index (χ4v) is 2.33. The van der Waals surface area contributed by atoms with Crippen LogP contribution >= 0.6 is 22.6 Å². The van der Waals surface area contributed by atoms with Gasteiger partial charge in [-0.05, 0) is 53.3 Å². The van der Waals surface area contributed by atoms with Crippen molar-refractivity contribution in [3.8, 4) is 0 Å². The summed E-state index contributed by atoms with van der Waals surface area (Å²) in [5.74, 6) is 0. The van der Waals surface area contributed by atoms with E-state index in [0.717, 1.165) is 9.41 Å². The van der Waals surface area contributed by atoms with Gasteiger partial charge in [0, 0.05) is 11.3 Å². The summed E-state index contributed by atoms with van der Waals surface area (Å²) in [6.45, 7) is 2.09. The topological polar surface area (TPSA) is 38.4 Å². The van der Waals surface area contributed by atoms with Crippen molar-refractivity contribution >= 4 is 32.0 Å². The van der Waals surface area contributed by atoms with Crippen molar-refractivity contribution in [3.05, 3.63) is 29.3 Å². The number of rotatable bonds is 0. The van der Waals surface area contributed by atoms with E-state index in [1.54, 1.807) is 0 Å². The van der Waals surface area contributed by atoms with E-state index in [0.29, 0.717) is 0 Å². The Labute approximate surface area is 85.0 Å². The first kappa shape index (κ1) is 8.04. The third-order valence-corrected chi connectivity index (χ3v) is 2.91. The summed E-state index contributed by atoms with van der Waals surface area (Å²) in [4.78, 5) is 4.45. The van der Waals surface area contributed by atoms with E-state index in [9.17, 15) is 0 Å².